The zero-order chi connectivity index (χ0) is 6.95. The third-order valence-electron chi connectivity index (χ3n) is 1.13. The highest BCUT2D eigenvalue weighted by atomic mass is 32.2. The van der Waals surface area contributed by atoms with Gasteiger partial charge in [-0.2, -0.15) is 11.8 Å². The van der Waals surface area contributed by atoms with Crippen LogP contribution in [0.5, 0.6) is 0 Å². The lowest BCUT2D eigenvalue weighted by molar-refractivity contribution is 0.779. The summed E-state index contributed by atoms with van der Waals surface area (Å²) in [5.74, 6) is 2.42. The fourth-order valence-electron chi connectivity index (χ4n) is 0.621. The maximum absolute atomic E-state index is 3.66. The Balaban J connectivity index is 2.66. The summed E-state index contributed by atoms with van der Waals surface area (Å²) < 4.78 is 0. The molecule has 0 saturated heterocycles. The lowest BCUT2D eigenvalue weighted by atomic mass is 10.3. The molecule has 0 N–H and O–H groups in total. The standard InChI is InChI=1S/C8H16S/c1-3-5-6-8-9-7-4-2/h4H,2-3,5-8H2,1H3/i8+1. The Morgan fingerprint density at radius 1 is 1.44 bits per heavy atom. The average Bonchev–Trinajstić information content (AvgIpc) is 1.89. The lowest BCUT2D eigenvalue weighted by Gasteiger charge is -1.94. The second-order valence-electron chi connectivity index (χ2n) is 2.07. The van der Waals surface area contributed by atoms with Crippen molar-refractivity contribution in [3.8, 4) is 0 Å². The molecule has 0 saturated carbocycles. The molecule has 0 aliphatic carbocycles. The molecule has 0 aromatic carbocycles. The van der Waals surface area contributed by atoms with Gasteiger partial charge in [-0.3, -0.25) is 0 Å². The van der Waals surface area contributed by atoms with E-state index in [1.807, 2.05) is 17.8 Å². The Labute approximate surface area is 62.7 Å². The molecule has 54 valence electrons. The first-order chi connectivity index (χ1) is 4.41. The minimum Gasteiger partial charge on any atom is -0.158 e. The molecule has 0 bridgehead atoms. The van der Waals surface area contributed by atoms with Crippen molar-refractivity contribution in [3.05, 3.63) is 12.7 Å². The Bertz CT molecular complexity index is 59.6. The smallest absolute Gasteiger partial charge is 0.0110 e. The van der Waals surface area contributed by atoms with E-state index < -0.39 is 0 Å². The predicted molar refractivity (Wildman–Crippen MR) is 47.0 cm³/mol. The summed E-state index contributed by atoms with van der Waals surface area (Å²) in [5.41, 5.74) is 0. The van der Waals surface area contributed by atoms with Gasteiger partial charge < -0.3 is 0 Å². The molecule has 0 unspecified atom stereocenters. The van der Waals surface area contributed by atoms with Crippen LogP contribution >= 0.6 is 11.8 Å². The Morgan fingerprint density at radius 2 is 2.22 bits per heavy atom. The van der Waals surface area contributed by atoms with Gasteiger partial charge in [0.25, 0.3) is 0 Å². The van der Waals surface area contributed by atoms with Crippen molar-refractivity contribution in [1.82, 2.24) is 0 Å². The van der Waals surface area contributed by atoms with Crippen LogP contribution in [0.3, 0.4) is 0 Å². The maximum atomic E-state index is 3.66. The third kappa shape index (κ3) is 8.09. The SMILES string of the molecule is C=CCS[13CH2]CCCC. The van der Waals surface area contributed by atoms with Gasteiger partial charge in [0.2, 0.25) is 0 Å². The lowest BCUT2D eigenvalue weighted by Crippen LogP contribution is -1.79. The highest BCUT2D eigenvalue weighted by Crippen LogP contribution is 2.05. The largest absolute Gasteiger partial charge is 0.158 e. The normalized spacial score (nSPS) is 9.44. The fraction of sp³-hybridized carbons (Fsp3) is 0.750. The van der Waals surface area contributed by atoms with Gasteiger partial charge in [0, 0.05) is 5.75 Å². The monoisotopic (exact) mass is 145 g/mol. The van der Waals surface area contributed by atoms with Crippen molar-refractivity contribution < 1.29 is 0 Å². The van der Waals surface area contributed by atoms with Crippen molar-refractivity contribution in [1.29, 1.82) is 0 Å². The molecule has 0 radical (unpaired) electrons. The van der Waals surface area contributed by atoms with E-state index in [0.29, 0.717) is 0 Å². The van der Waals surface area contributed by atoms with Gasteiger partial charge >= 0.3 is 0 Å². The van der Waals surface area contributed by atoms with Gasteiger partial charge in [-0.15, -0.1) is 6.58 Å². The van der Waals surface area contributed by atoms with E-state index in [1.165, 1.54) is 25.0 Å². The van der Waals surface area contributed by atoms with Crippen LogP contribution < -0.4 is 0 Å². The van der Waals surface area contributed by atoms with Gasteiger partial charge in [0.15, 0.2) is 0 Å². The summed E-state index contributed by atoms with van der Waals surface area (Å²) in [7, 11) is 0. The van der Waals surface area contributed by atoms with Gasteiger partial charge in [0.1, 0.15) is 0 Å². The predicted octanol–water partition coefficient (Wildman–Crippen LogP) is 3.10. The van der Waals surface area contributed by atoms with Crippen LogP contribution in [0.1, 0.15) is 26.2 Å². The molecule has 9 heavy (non-hydrogen) atoms. The van der Waals surface area contributed by atoms with Crippen LogP contribution in [0.4, 0.5) is 0 Å². The number of rotatable bonds is 6. The first-order valence-corrected chi connectivity index (χ1v) is 4.76. The maximum Gasteiger partial charge on any atom is 0.0110 e. The van der Waals surface area contributed by atoms with Crippen molar-refractivity contribution in [3.63, 3.8) is 0 Å². The third-order valence-corrected chi connectivity index (χ3v) is 2.18. The quantitative estimate of drug-likeness (QED) is 0.314. The average molecular weight is 145 g/mol. The highest BCUT2D eigenvalue weighted by Gasteiger charge is 1.84. The molecule has 0 amide bonds. The van der Waals surface area contributed by atoms with Gasteiger partial charge in [-0.25, -0.2) is 0 Å². The summed E-state index contributed by atoms with van der Waals surface area (Å²) in [6, 6.07) is 0. The Kier molecular flexibility index (Phi) is 8.17. The molecule has 0 rings (SSSR count). The molecule has 0 aliphatic rings. The van der Waals surface area contributed by atoms with Crippen LogP contribution in [-0.4, -0.2) is 11.5 Å². The summed E-state index contributed by atoms with van der Waals surface area (Å²) in [6.45, 7) is 5.89. The van der Waals surface area contributed by atoms with Crippen molar-refractivity contribution in [2.75, 3.05) is 11.5 Å². The van der Waals surface area contributed by atoms with Gasteiger partial charge in [0.05, 0.1) is 0 Å². The highest BCUT2D eigenvalue weighted by molar-refractivity contribution is 7.99. The number of unbranched alkanes of at least 4 members (excludes halogenated alkanes) is 2. The van der Waals surface area contributed by atoms with Crippen LogP contribution in [0.25, 0.3) is 0 Å². The molecule has 0 nitrogen and oxygen atoms in total. The molecule has 0 aromatic heterocycles. The minimum atomic E-state index is 1.11. The van der Waals surface area contributed by atoms with E-state index in [4.69, 9.17) is 0 Å². The molecule has 1 heteroatoms. The summed E-state index contributed by atoms with van der Waals surface area (Å²) in [4.78, 5) is 0. The first kappa shape index (κ1) is 9.09. The molecule has 0 fully saturated rings. The van der Waals surface area contributed by atoms with E-state index in [1.54, 1.807) is 0 Å². The molecule has 0 aromatic rings. The summed E-state index contributed by atoms with van der Waals surface area (Å²) in [5, 5.41) is 0. The molecular formula is C8H16S. The van der Waals surface area contributed by atoms with E-state index in [-0.39, 0.29) is 0 Å². The molecule has 0 spiro atoms. The summed E-state index contributed by atoms with van der Waals surface area (Å²) in [6.07, 6.45) is 6.05. The van der Waals surface area contributed by atoms with Crippen LogP contribution in [-0.2, 0) is 0 Å². The second-order valence-corrected chi connectivity index (χ2v) is 3.22. The topological polar surface area (TPSA) is 0 Å². The van der Waals surface area contributed by atoms with Crippen molar-refractivity contribution >= 4 is 11.8 Å². The molecule has 0 atom stereocenters. The van der Waals surface area contributed by atoms with E-state index in [0.717, 1.165) is 5.75 Å². The van der Waals surface area contributed by atoms with Gasteiger partial charge in [-0.1, -0.05) is 25.8 Å². The van der Waals surface area contributed by atoms with Crippen LogP contribution in [0.2, 0.25) is 0 Å². The Hall–Kier alpha value is 0.0900. The second kappa shape index (κ2) is 8.09. The minimum absolute atomic E-state index is 1.11. The Morgan fingerprint density at radius 3 is 2.78 bits per heavy atom. The zero-order valence-electron chi connectivity index (χ0n) is 6.23. The molecule has 0 aliphatic heterocycles. The van der Waals surface area contributed by atoms with Crippen molar-refractivity contribution in [2.24, 2.45) is 0 Å². The number of hydrogen-bond acceptors (Lipinski definition) is 1. The number of thioether (sulfide) groups is 1. The number of hydrogen-bond donors (Lipinski definition) is 0. The zero-order valence-corrected chi connectivity index (χ0v) is 7.04. The molecule has 0 heterocycles. The van der Waals surface area contributed by atoms with Crippen LogP contribution in [0.15, 0.2) is 12.7 Å². The summed E-state index contributed by atoms with van der Waals surface area (Å²) >= 11 is 1.98. The van der Waals surface area contributed by atoms with E-state index in [2.05, 4.69) is 13.5 Å². The van der Waals surface area contributed by atoms with E-state index >= 15 is 0 Å². The fourth-order valence-corrected chi connectivity index (χ4v) is 1.36. The van der Waals surface area contributed by atoms with Gasteiger partial charge in [-0.05, 0) is 12.2 Å². The van der Waals surface area contributed by atoms with Crippen molar-refractivity contribution in [2.45, 2.75) is 26.2 Å². The van der Waals surface area contributed by atoms with E-state index in [9.17, 15) is 0 Å². The molecular weight excluding hydrogens is 129 g/mol. The first-order valence-electron chi connectivity index (χ1n) is 3.60. The van der Waals surface area contributed by atoms with Crippen LogP contribution in [0, 0.1) is 0 Å².